The molecule has 1 fully saturated rings. The fourth-order valence-corrected chi connectivity index (χ4v) is 3.24. The second-order valence-electron chi connectivity index (χ2n) is 6.67. The Morgan fingerprint density at radius 2 is 1.92 bits per heavy atom. The highest BCUT2D eigenvalue weighted by Gasteiger charge is 2.43. The van der Waals surface area contributed by atoms with Crippen LogP contribution in [0, 0.1) is 11.7 Å². The van der Waals surface area contributed by atoms with Crippen LogP contribution in [0.25, 0.3) is 5.69 Å². The average molecular weight is 349 g/mol. The molecule has 5 heteroatoms. The first kappa shape index (κ1) is 16.5. The van der Waals surface area contributed by atoms with E-state index in [2.05, 4.69) is 10.4 Å². The number of carbonyl (C=O) groups excluding carboxylic acids is 1. The summed E-state index contributed by atoms with van der Waals surface area (Å²) in [5.74, 6) is 0.0603. The number of hydrogen-bond acceptors (Lipinski definition) is 2. The zero-order valence-electron chi connectivity index (χ0n) is 14.3. The molecule has 1 aliphatic rings. The maximum atomic E-state index is 13.0. The van der Waals surface area contributed by atoms with Crippen LogP contribution in [0.3, 0.4) is 0 Å². The molecule has 1 aliphatic carbocycles. The van der Waals surface area contributed by atoms with Gasteiger partial charge in [0.15, 0.2) is 0 Å². The van der Waals surface area contributed by atoms with E-state index < -0.39 is 0 Å². The molecule has 3 aromatic rings. The van der Waals surface area contributed by atoms with Crippen molar-refractivity contribution in [3.8, 4) is 5.69 Å². The summed E-state index contributed by atoms with van der Waals surface area (Å²) < 4.78 is 14.8. The normalized spacial score (nSPS) is 18.5. The number of nitrogens with zero attached hydrogens (tertiary/aromatic N) is 2. The molecule has 1 saturated carbocycles. The zero-order chi connectivity index (χ0) is 17.9. The minimum absolute atomic E-state index is 0.00695. The molecule has 4 nitrogen and oxygen atoms in total. The van der Waals surface area contributed by atoms with Crippen molar-refractivity contribution in [3.05, 3.63) is 83.9 Å². The van der Waals surface area contributed by atoms with Crippen LogP contribution in [0.4, 0.5) is 4.39 Å². The number of rotatable bonds is 6. The maximum absolute atomic E-state index is 13.0. The van der Waals surface area contributed by atoms with Crippen molar-refractivity contribution >= 4 is 5.91 Å². The lowest BCUT2D eigenvalue weighted by atomic mass is 10.1. The van der Waals surface area contributed by atoms with E-state index in [1.807, 2.05) is 47.4 Å². The van der Waals surface area contributed by atoms with E-state index in [4.69, 9.17) is 0 Å². The summed E-state index contributed by atoms with van der Waals surface area (Å²) in [4.78, 5) is 12.3. The Hall–Kier alpha value is -2.95. The van der Waals surface area contributed by atoms with Crippen LogP contribution in [0.15, 0.2) is 67.0 Å². The van der Waals surface area contributed by atoms with E-state index in [9.17, 15) is 9.18 Å². The lowest BCUT2D eigenvalue weighted by Crippen LogP contribution is -2.27. The van der Waals surface area contributed by atoms with Crippen LogP contribution in [0.1, 0.15) is 23.5 Å². The minimum atomic E-state index is -0.244. The fraction of sp³-hybridized carbons (Fsp3) is 0.238. The van der Waals surface area contributed by atoms with Crippen LogP contribution >= 0.6 is 0 Å². The van der Waals surface area contributed by atoms with Gasteiger partial charge in [-0.15, -0.1) is 0 Å². The summed E-state index contributed by atoms with van der Waals surface area (Å²) in [5, 5.41) is 7.37. The van der Waals surface area contributed by atoms with Gasteiger partial charge < -0.3 is 5.32 Å². The molecule has 4 rings (SSSR count). The van der Waals surface area contributed by atoms with Crippen LogP contribution in [0.2, 0.25) is 0 Å². The van der Waals surface area contributed by atoms with Gasteiger partial charge in [0.05, 0.1) is 11.9 Å². The molecule has 1 aromatic heterocycles. The molecule has 1 N–H and O–H groups in total. The minimum Gasteiger partial charge on any atom is -0.356 e. The summed E-state index contributed by atoms with van der Waals surface area (Å²) in [7, 11) is 0. The Bertz CT molecular complexity index is 889. The number of para-hydroxylation sites is 1. The van der Waals surface area contributed by atoms with Gasteiger partial charge in [0.25, 0.3) is 0 Å². The molecular weight excluding hydrogens is 329 g/mol. The molecule has 2 aromatic carbocycles. The molecule has 2 unspecified atom stereocenters. The predicted molar refractivity (Wildman–Crippen MR) is 97.5 cm³/mol. The number of amides is 1. The molecule has 2 atom stereocenters. The number of halogens is 1. The van der Waals surface area contributed by atoms with Gasteiger partial charge in [0.2, 0.25) is 5.91 Å². The molecule has 1 heterocycles. The van der Waals surface area contributed by atoms with Crippen LogP contribution in [-0.2, 0) is 11.2 Å². The Labute approximate surface area is 151 Å². The van der Waals surface area contributed by atoms with E-state index in [1.165, 1.54) is 12.1 Å². The molecule has 0 radical (unpaired) electrons. The molecule has 1 amide bonds. The summed E-state index contributed by atoms with van der Waals surface area (Å²) in [5.41, 5.74) is 3.14. The monoisotopic (exact) mass is 349 g/mol. The third kappa shape index (κ3) is 3.67. The SMILES string of the molecule is O=C(NCCc1cnn(-c2ccccc2)c1)C1CC1c1ccc(F)cc1. The van der Waals surface area contributed by atoms with Crippen molar-refractivity contribution in [3.63, 3.8) is 0 Å². The lowest BCUT2D eigenvalue weighted by Gasteiger charge is -2.04. The standard InChI is InChI=1S/C21H20FN3O/c22-17-8-6-16(7-9-17)19-12-20(19)21(26)23-11-10-15-13-24-25(14-15)18-4-2-1-3-5-18/h1-9,13-14,19-20H,10-12H2,(H,23,26). The fourth-order valence-electron chi connectivity index (χ4n) is 3.24. The lowest BCUT2D eigenvalue weighted by molar-refractivity contribution is -0.122. The zero-order valence-corrected chi connectivity index (χ0v) is 14.3. The van der Waals surface area contributed by atoms with Gasteiger partial charge >= 0.3 is 0 Å². The van der Waals surface area contributed by atoms with Gasteiger partial charge in [-0.05, 0) is 54.2 Å². The Morgan fingerprint density at radius 3 is 2.69 bits per heavy atom. The van der Waals surface area contributed by atoms with E-state index in [0.29, 0.717) is 6.54 Å². The van der Waals surface area contributed by atoms with Crippen molar-refractivity contribution in [1.29, 1.82) is 0 Å². The molecule has 132 valence electrons. The van der Waals surface area contributed by atoms with Gasteiger partial charge in [-0.25, -0.2) is 9.07 Å². The van der Waals surface area contributed by atoms with Gasteiger partial charge in [-0.2, -0.15) is 5.10 Å². The smallest absolute Gasteiger partial charge is 0.223 e. The van der Waals surface area contributed by atoms with Crippen LogP contribution < -0.4 is 5.32 Å². The molecule has 0 spiro atoms. The van der Waals surface area contributed by atoms with Crippen molar-refractivity contribution in [2.24, 2.45) is 5.92 Å². The van der Waals surface area contributed by atoms with E-state index in [-0.39, 0.29) is 23.6 Å². The second-order valence-corrected chi connectivity index (χ2v) is 6.67. The number of benzene rings is 2. The first-order chi connectivity index (χ1) is 12.7. The average Bonchev–Trinajstić information content (AvgIpc) is 3.33. The Morgan fingerprint density at radius 1 is 1.15 bits per heavy atom. The molecule has 0 bridgehead atoms. The largest absolute Gasteiger partial charge is 0.356 e. The molecule has 0 aliphatic heterocycles. The summed E-state index contributed by atoms with van der Waals surface area (Å²) in [6.07, 6.45) is 5.40. The predicted octanol–water partition coefficient (Wildman–Crippen LogP) is 3.47. The Kier molecular flexibility index (Phi) is 4.52. The first-order valence-corrected chi connectivity index (χ1v) is 8.83. The van der Waals surface area contributed by atoms with Gasteiger partial charge in [-0.3, -0.25) is 4.79 Å². The summed E-state index contributed by atoms with van der Waals surface area (Å²) in [6.45, 7) is 0.589. The molecule has 26 heavy (non-hydrogen) atoms. The van der Waals surface area contributed by atoms with E-state index in [1.54, 1.807) is 12.1 Å². The summed E-state index contributed by atoms with van der Waals surface area (Å²) >= 11 is 0. The third-order valence-electron chi connectivity index (χ3n) is 4.80. The maximum Gasteiger partial charge on any atom is 0.223 e. The topological polar surface area (TPSA) is 46.9 Å². The highest BCUT2D eigenvalue weighted by Crippen LogP contribution is 2.47. The Balaban J connectivity index is 1.26. The highest BCUT2D eigenvalue weighted by molar-refractivity contribution is 5.82. The van der Waals surface area contributed by atoms with Crippen LogP contribution in [0.5, 0.6) is 0 Å². The van der Waals surface area contributed by atoms with Gasteiger partial charge in [0, 0.05) is 18.7 Å². The highest BCUT2D eigenvalue weighted by atomic mass is 19.1. The quantitative estimate of drug-likeness (QED) is 0.741. The molecular formula is C21H20FN3O. The first-order valence-electron chi connectivity index (χ1n) is 8.83. The molecule has 0 saturated heterocycles. The number of nitrogens with one attached hydrogen (secondary N) is 1. The van der Waals surface area contributed by atoms with Crippen molar-refractivity contribution in [2.45, 2.75) is 18.8 Å². The number of hydrogen-bond donors (Lipinski definition) is 1. The summed E-state index contributed by atoms with van der Waals surface area (Å²) in [6, 6.07) is 16.4. The second kappa shape index (κ2) is 7.12. The van der Waals surface area contributed by atoms with Crippen LogP contribution in [-0.4, -0.2) is 22.2 Å². The van der Waals surface area contributed by atoms with Crippen molar-refractivity contribution < 1.29 is 9.18 Å². The van der Waals surface area contributed by atoms with E-state index >= 15 is 0 Å². The van der Waals surface area contributed by atoms with E-state index in [0.717, 1.165) is 29.7 Å². The van der Waals surface area contributed by atoms with Gasteiger partial charge in [-0.1, -0.05) is 30.3 Å². The van der Waals surface area contributed by atoms with Gasteiger partial charge in [0.1, 0.15) is 5.82 Å². The van der Waals surface area contributed by atoms with Crippen molar-refractivity contribution in [2.75, 3.05) is 6.54 Å². The van der Waals surface area contributed by atoms with Crippen molar-refractivity contribution in [1.82, 2.24) is 15.1 Å². The number of aromatic nitrogens is 2. The number of carbonyl (C=O) groups is 1. The third-order valence-corrected chi connectivity index (χ3v) is 4.80.